The van der Waals surface area contributed by atoms with Crippen LogP contribution < -0.4 is 0 Å². The highest BCUT2D eigenvalue weighted by Gasteiger charge is 2.37. The molecular formula is C19H20N2. The second-order valence-electron chi connectivity index (χ2n) is 6.25. The molecule has 0 aromatic heterocycles. The monoisotopic (exact) mass is 276 g/mol. The summed E-state index contributed by atoms with van der Waals surface area (Å²) in [5.74, 6) is 0. The zero-order chi connectivity index (χ0) is 15.0. The molecule has 1 aliphatic rings. The fraction of sp³-hybridized carbons (Fsp3) is 0.263. The number of nitrogens with zero attached hydrogens (tertiary/aromatic N) is 2. The largest absolute Gasteiger partial charge is 0.154 e. The van der Waals surface area contributed by atoms with Gasteiger partial charge in [0.25, 0.3) is 0 Å². The van der Waals surface area contributed by atoms with Gasteiger partial charge in [0.15, 0.2) is 0 Å². The summed E-state index contributed by atoms with van der Waals surface area (Å²) in [5, 5.41) is 8.95. The molecule has 2 heteroatoms. The topological polar surface area (TPSA) is 24.7 Å². The van der Waals surface area contributed by atoms with Crippen molar-refractivity contribution in [2.24, 2.45) is 15.6 Å². The van der Waals surface area contributed by atoms with Crippen LogP contribution in [-0.4, -0.2) is 11.4 Å². The minimum Gasteiger partial charge on any atom is -0.154 e. The van der Waals surface area contributed by atoms with Gasteiger partial charge in [0.05, 0.1) is 16.8 Å². The van der Waals surface area contributed by atoms with Crippen LogP contribution in [0.15, 0.2) is 58.7 Å². The molecule has 21 heavy (non-hydrogen) atoms. The minimum atomic E-state index is -0.176. The highest BCUT2D eigenvalue weighted by Crippen LogP contribution is 2.33. The van der Waals surface area contributed by atoms with Crippen LogP contribution >= 0.6 is 0 Å². The molecule has 0 N–H and O–H groups in total. The van der Waals surface area contributed by atoms with Crippen molar-refractivity contribution in [1.29, 1.82) is 0 Å². The third-order valence-electron chi connectivity index (χ3n) is 4.08. The van der Waals surface area contributed by atoms with Crippen molar-refractivity contribution < 1.29 is 0 Å². The first-order valence-corrected chi connectivity index (χ1v) is 7.29. The van der Waals surface area contributed by atoms with Crippen LogP contribution in [0.4, 0.5) is 0 Å². The Kier molecular flexibility index (Phi) is 3.25. The lowest BCUT2D eigenvalue weighted by Crippen LogP contribution is -2.31. The van der Waals surface area contributed by atoms with Gasteiger partial charge in [-0.2, -0.15) is 10.2 Å². The minimum absolute atomic E-state index is 0.176. The molecule has 0 saturated carbocycles. The molecule has 106 valence electrons. The van der Waals surface area contributed by atoms with Crippen LogP contribution in [0.1, 0.15) is 36.1 Å². The van der Waals surface area contributed by atoms with Crippen molar-refractivity contribution >= 4 is 11.4 Å². The third-order valence-corrected chi connectivity index (χ3v) is 4.08. The van der Waals surface area contributed by atoms with E-state index in [1.54, 1.807) is 0 Å². The van der Waals surface area contributed by atoms with Gasteiger partial charge in [0.1, 0.15) is 0 Å². The van der Waals surface area contributed by atoms with E-state index >= 15 is 0 Å². The Labute approximate surface area is 126 Å². The molecule has 2 aromatic rings. The van der Waals surface area contributed by atoms with E-state index in [2.05, 4.69) is 86.4 Å². The molecule has 0 unspecified atom stereocenters. The second-order valence-corrected chi connectivity index (χ2v) is 6.25. The molecule has 1 aliphatic heterocycles. The van der Waals surface area contributed by atoms with Gasteiger partial charge in [-0.25, -0.2) is 0 Å². The molecule has 0 bridgehead atoms. The molecule has 0 aliphatic carbocycles. The van der Waals surface area contributed by atoms with Crippen LogP contribution in [0.3, 0.4) is 0 Å². The van der Waals surface area contributed by atoms with E-state index in [1.807, 2.05) is 0 Å². The first-order chi connectivity index (χ1) is 9.98. The maximum absolute atomic E-state index is 4.47. The van der Waals surface area contributed by atoms with E-state index in [9.17, 15) is 0 Å². The lowest BCUT2D eigenvalue weighted by Gasteiger charge is -2.23. The molecule has 0 fully saturated rings. The van der Waals surface area contributed by atoms with Crippen LogP contribution in [0.25, 0.3) is 0 Å². The number of rotatable bonds is 2. The Morgan fingerprint density at radius 3 is 1.29 bits per heavy atom. The molecule has 2 nitrogen and oxygen atoms in total. The Bertz CT molecular complexity index is 654. The SMILES string of the molecule is Cc1ccc(C2=NN=C(c3ccc(C)cc3)C2(C)C)cc1. The Balaban J connectivity index is 1.96. The first kappa shape index (κ1) is 13.7. The first-order valence-electron chi connectivity index (χ1n) is 7.29. The normalized spacial score (nSPS) is 16.6. The summed E-state index contributed by atoms with van der Waals surface area (Å²) >= 11 is 0. The third kappa shape index (κ3) is 2.42. The van der Waals surface area contributed by atoms with Gasteiger partial charge in [-0.05, 0) is 38.8 Å². The van der Waals surface area contributed by atoms with Gasteiger partial charge in [0.2, 0.25) is 0 Å². The van der Waals surface area contributed by atoms with Gasteiger partial charge < -0.3 is 0 Å². The van der Waals surface area contributed by atoms with Gasteiger partial charge >= 0.3 is 0 Å². The van der Waals surface area contributed by atoms with Gasteiger partial charge in [-0.15, -0.1) is 0 Å². The summed E-state index contributed by atoms with van der Waals surface area (Å²) < 4.78 is 0. The summed E-state index contributed by atoms with van der Waals surface area (Å²) in [6.07, 6.45) is 0. The lowest BCUT2D eigenvalue weighted by molar-refractivity contribution is 0.745. The standard InChI is InChI=1S/C19H20N2/c1-13-5-9-15(10-6-13)17-19(3,4)18(21-20-17)16-11-7-14(2)8-12-16/h5-12H,1-4H3. The molecule has 3 rings (SSSR count). The average molecular weight is 276 g/mol. The van der Waals surface area contributed by atoms with Crippen molar-refractivity contribution in [1.82, 2.24) is 0 Å². The van der Waals surface area contributed by atoms with Crippen LogP contribution in [0.5, 0.6) is 0 Å². The van der Waals surface area contributed by atoms with E-state index in [0.29, 0.717) is 0 Å². The van der Waals surface area contributed by atoms with Gasteiger partial charge in [0, 0.05) is 0 Å². The second kappa shape index (κ2) is 4.96. The Morgan fingerprint density at radius 1 is 0.619 bits per heavy atom. The van der Waals surface area contributed by atoms with E-state index in [1.165, 1.54) is 11.1 Å². The summed E-state index contributed by atoms with van der Waals surface area (Å²) in [4.78, 5) is 0. The van der Waals surface area contributed by atoms with E-state index < -0.39 is 0 Å². The quantitative estimate of drug-likeness (QED) is 0.769. The van der Waals surface area contributed by atoms with E-state index in [-0.39, 0.29) is 5.41 Å². The van der Waals surface area contributed by atoms with Crippen LogP contribution in [0.2, 0.25) is 0 Å². The van der Waals surface area contributed by atoms with Crippen molar-refractivity contribution in [3.8, 4) is 0 Å². The predicted molar refractivity (Wildman–Crippen MR) is 89.2 cm³/mol. The van der Waals surface area contributed by atoms with E-state index in [4.69, 9.17) is 0 Å². The molecule has 1 heterocycles. The fourth-order valence-electron chi connectivity index (χ4n) is 2.72. The highest BCUT2D eigenvalue weighted by atomic mass is 15.2. The predicted octanol–water partition coefficient (Wildman–Crippen LogP) is 4.54. The van der Waals surface area contributed by atoms with Crippen molar-refractivity contribution in [2.45, 2.75) is 27.7 Å². The highest BCUT2D eigenvalue weighted by molar-refractivity contribution is 6.25. The lowest BCUT2D eigenvalue weighted by atomic mass is 9.77. The molecule has 0 atom stereocenters. The molecule has 0 spiro atoms. The Morgan fingerprint density at radius 2 is 0.952 bits per heavy atom. The summed E-state index contributed by atoms with van der Waals surface area (Å²) in [5.41, 5.74) is 6.72. The van der Waals surface area contributed by atoms with Crippen LogP contribution in [-0.2, 0) is 0 Å². The maximum atomic E-state index is 4.47. The fourth-order valence-corrected chi connectivity index (χ4v) is 2.72. The van der Waals surface area contributed by atoms with E-state index in [0.717, 1.165) is 22.6 Å². The number of aryl methyl sites for hydroxylation is 2. The van der Waals surface area contributed by atoms with Crippen LogP contribution in [0, 0.1) is 19.3 Å². The number of benzene rings is 2. The maximum Gasteiger partial charge on any atom is 0.0819 e. The number of hydrogen-bond donors (Lipinski definition) is 0. The number of hydrogen-bond acceptors (Lipinski definition) is 2. The van der Waals surface area contributed by atoms with Crippen molar-refractivity contribution in [3.63, 3.8) is 0 Å². The molecule has 0 amide bonds. The molecule has 2 aromatic carbocycles. The van der Waals surface area contributed by atoms with Crippen molar-refractivity contribution in [3.05, 3.63) is 70.8 Å². The average Bonchev–Trinajstić information content (AvgIpc) is 2.76. The summed E-state index contributed by atoms with van der Waals surface area (Å²) in [7, 11) is 0. The van der Waals surface area contributed by atoms with Gasteiger partial charge in [-0.1, -0.05) is 59.7 Å². The summed E-state index contributed by atoms with van der Waals surface area (Å²) in [6.45, 7) is 8.58. The zero-order valence-electron chi connectivity index (χ0n) is 13.0. The van der Waals surface area contributed by atoms with Gasteiger partial charge in [-0.3, -0.25) is 0 Å². The molecular weight excluding hydrogens is 256 g/mol. The van der Waals surface area contributed by atoms with Crippen molar-refractivity contribution in [2.75, 3.05) is 0 Å². The Hall–Kier alpha value is -2.22. The smallest absolute Gasteiger partial charge is 0.0819 e. The molecule has 0 saturated heterocycles. The molecule has 0 radical (unpaired) electrons. The summed E-state index contributed by atoms with van der Waals surface area (Å²) in [6, 6.07) is 17.0. The zero-order valence-corrected chi connectivity index (χ0v) is 13.0.